The Morgan fingerprint density at radius 2 is 2.00 bits per heavy atom. The molecule has 0 spiro atoms. The van der Waals surface area contributed by atoms with Gasteiger partial charge < -0.3 is 0 Å². The Bertz CT molecular complexity index is 552. The molecule has 0 saturated carbocycles. The van der Waals surface area contributed by atoms with Gasteiger partial charge in [0.2, 0.25) is 0 Å². The second kappa shape index (κ2) is 5.85. The van der Waals surface area contributed by atoms with Crippen molar-refractivity contribution in [2.24, 2.45) is 0 Å². The molecule has 0 nitrogen and oxygen atoms in total. The molecule has 2 rings (SSSR count). The summed E-state index contributed by atoms with van der Waals surface area (Å²) in [6, 6.07) is 5.94. The predicted molar refractivity (Wildman–Crippen MR) is 75.8 cm³/mol. The second-order valence-corrected chi connectivity index (χ2v) is 6.26. The zero-order valence-electron chi connectivity index (χ0n) is 9.55. The summed E-state index contributed by atoms with van der Waals surface area (Å²) >= 11 is 10.7. The van der Waals surface area contributed by atoms with Crippen LogP contribution in [0.25, 0.3) is 0 Å². The van der Waals surface area contributed by atoms with Crippen molar-refractivity contribution in [3.63, 3.8) is 0 Å². The van der Waals surface area contributed by atoms with Crippen LogP contribution < -0.4 is 0 Å². The van der Waals surface area contributed by atoms with Crippen LogP contribution in [-0.4, -0.2) is 0 Å². The quantitative estimate of drug-likeness (QED) is 0.578. The van der Waals surface area contributed by atoms with Gasteiger partial charge in [0.15, 0.2) is 0 Å². The lowest BCUT2D eigenvalue weighted by molar-refractivity contribution is -0.138. The molecule has 0 aliphatic rings. The molecular formula is C13H9BrClF3S. The molecular weight excluding hydrogens is 361 g/mol. The average Bonchev–Trinajstić information content (AvgIpc) is 2.80. The Morgan fingerprint density at radius 1 is 1.26 bits per heavy atom. The highest BCUT2D eigenvalue weighted by atomic mass is 79.9. The third-order valence-electron chi connectivity index (χ3n) is 2.65. The van der Waals surface area contributed by atoms with E-state index in [1.165, 1.54) is 17.4 Å². The van der Waals surface area contributed by atoms with Crippen molar-refractivity contribution in [2.45, 2.75) is 18.0 Å². The summed E-state index contributed by atoms with van der Waals surface area (Å²) in [4.78, 5) is 0. The van der Waals surface area contributed by atoms with Crippen LogP contribution in [0.4, 0.5) is 13.2 Å². The van der Waals surface area contributed by atoms with Crippen LogP contribution in [0, 0.1) is 0 Å². The van der Waals surface area contributed by atoms with Crippen molar-refractivity contribution >= 4 is 38.9 Å². The lowest BCUT2D eigenvalue weighted by Crippen LogP contribution is -2.11. The van der Waals surface area contributed by atoms with Crippen molar-refractivity contribution in [3.05, 3.63) is 56.2 Å². The zero-order valence-corrected chi connectivity index (χ0v) is 12.7. The zero-order chi connectivity index (χ0) is 14.0. The highest BCUT2D eigenvalue weighted by Gasteiger charge is 2.35. The first-order valence-electron chi connectivity index (χ1n) is 5.39. The van der Waals surface area contributed by atoms with Crippen LogP contribution in [0.5, 0.6) is 0 Å². The van der Waals surface area contributed by atoms with Gasteiger partial charge in [-0.2, -0.15) is 24.5 Å². The highest BCUT2D eigenvalue weighted by Crippen LogP contribution is 2.39. The van der Waals surface area contributed by atoms with E-state index >= 15 is 0 Å². The van der Waals surface area contributed by atoms with Crippen molar-refractivity contribution in [2.75, 3.05) is 0 Å². The molecule has 6 heteroatoms. The number of alkyl halides is 4. The number of benzene rings is 1. The minimum atomic E-state index is -4.40. The first-order chi connectivity index (χ1) is 8.88. The van der Waals surface area contributed by atoms with E-state index in [1.54, 1.807) is 6.07 Å². The van der Waals surface area contributed by atoms with Gasteiger partial charge in [0.25, 0.3) is 0 Å². The molecule has 0 aliphatic carbocycles. The molecule has 0 aliphatic heterocycles. The molecule has 1 aromatic heterocycles. The smallest absolute Gasteiger partial charge is 0.166 e. The van der Waals surface area contributed by atoms with Crippen LogP contribution in [0.2, 0.25) is 0 Å². The van der Waals surface area contributed by atoms with E-state index in [2.05, 4.69) is 15.9 Å². The van der Waals surface area contributed by atoms with Crippen molar-refractivity contribution in [3.8, 4) is 0 Å². The minimum absolute atomic E-state index is 0.114. The van der Waals surface area contributed by atoms with Gasteiger partial charge in [-0.05, 0) is 46.5 Å². The Balaban J connectivity index is 2.33. The van der Waals surface area contributed by atoms with E-state index in [-0.39, 0.29) is 5.56 Å². The van der Waals surface area contributed by atoms with Gasteiger partial charge in [0.05, 0.1) is 10.9 Å². The van der Waals surface area contributed by atoms with Crippen molar-refractivity contribution in [1.29, 1.82) is 0 Å². The number of halogens is 5. The Morgan fingerprint density at radius 3 is 2.58 bits per heavy atom. The molecule has 102 valence electrons. The third kappa shape index (κ3) is 3.74. The second-order valence-electron chi connectivity index (χ2n) is 4.03. The number of hydrogen-bond acceptors (Lipinski definition) is 1. The first-order valence-corrected chi connectivity index (χ1v) is 7.57. The van der Waals surface area contributed by atoms with Crippen molar-refractivity contribution < 1.29 is 13.2 Å². The first kappa shape index (κ1) is 14.9. The van der Waals surface area contributed by atoms with Crippen LogP contribution in [0.1, 0.15) is 22.1 Å². The number of hydrogen-bond donors (Lipinski definition) is 0. The largest absolute Gasteiger partial charge is 0.416 e. The molecule has 0 saturated heterocycles. The summed E-state index contributed by atoms with van der Waals surface area (Å²) in [5, 5.41) is 3.08. The Hall–Kier alpha value is -0.520. The fourth-order valence-corrected chi connectivity index (χ4v) is 3.18. The Kier molecular flexibility index (Phi) is 4.58. The number of rotatable bonds is 3. The van der Waals surface area contributed by atoms with Gasteiger partial charge >= 0.3 is 6.18 Å². The van der Waals surface area contributed by atoms with Crippen LogP contribution in [0.3, 0.4) is 0 Å². The minimum Gasteiger partial charge on any atom is -0.166 e. The molecule has 2 aromatic rings. The summed E-state index contributed by atoms with van der Waals surface area (Å²) in [7, 11) is 0. The van der Waals surface area contributed by atoms with E-state index in [4.69, 9.17) is 11.6 Å². The molecule has 0 N–H and O–H groups in total. The van der Waals surface area contributed by atoms with Gasteiger partial charge in [0.1, 0.15) is 0 Å². The maximum atomic E-state index is 13.0. The molecule has 19 heavy (non-hydrogen) atoms. The van der Waals surface area contributed by atoms with Gasteiger partial charge in [-0.15, -0.1) is 11.6 Å². The van der Waals surface area contributed by atoms with Gasteiger partial charge in [-0.3, -0.25) is 0 Å². The molecule has 1 aromatic carbocycles. The molecule has 0 fully saturated rings. The van der Waals surface area contributed by atoms with E-state index < -0.39 is 17.1 Å². The molecule has 0 amide bonds. The normalized spacial score (nSPS) is 13.5. The maximum absolute atomic E-state index is 13.0. The summed E-state index contributed by atoms with van der Waals surface area (Å²) in [5.41, 5.74) is 0.377. The highest BCUT2D eigenvalue weighted by molar-refractivity contribution is 9.10. The van der Waals surface area contributed by atoms with Crippen LogP contribution in [-0.2, 0) is 12.6 Å². The Labute approximate surface area is 126 Å². The molecule has 1 atom stereocenters. The molecule has 1 unspecified atom stereocenters. The monoisotopic (exact) mass is 368 g/mol. The fourth-order valence-electron chi connectivity index (χ4n) is 1.77. The van der Waals surface area contributed by atoms with Gasteiger partial charge in [-0.25, -0.2) is 0 Å². The lowest BCUT2D eigenvalue weighted by atomic mass is 10.00. The standard InChI is InChI=1S/C13H9BrClF3S/c14-9-1-2-10(11(6-9)13(16,17)18)12(15)5-8-3-4-19-7-8/h1-4,6-7,12H,5H2. The molecule has 0 bridgehead atoms. The topological polar surface area (TPSA) is 0 Å². The SMILES string of the molecule is FC(F)(F)c1cc(Br)ccc1C(Cl)Cc1ccsc1. The van der Waals surface area contributed by atoms with E-state index in [0.717, 1.165) is 11.6 Å². The summed E-state index contributed by atoms with van der Waals surface area (Å²) < 4.78 is 39.4. The average molecular weight is 370 g/mol. The van der Waals surface area contributed by atoms with Gasteiger partial charge in [0, 0.05) is 4.47 Å². The van der Waals surface area contributed by atoms with Crippen LogP contribution in [0.15, 0.2) is 39.5 Å². The van der Waals surface area contributed by atoms with Gasteiger partial charge in [-0.1, -0.05) is 22.0 Å². The van der Waals surface area contributed by atoms with Crippen molar-refractivity contribution in [1.82, 2.24) is 0 Å². The van der Waals surface area contributed by atoms with E-state index in [1.807, 2.05) is 16.8 Å². The predicted octanol–water partition coefficient (Wildman–Crippen LogP) is 6.05. The summed E-state index contributed by atoms with van der Waals surface area (Å²) in [6.07, 6.45) is -4.02. The molecule has 0 radical (unpaired) electrons. The molecule has 1 heterocycles. The summed E-state index contributed by atoms with van der Waals surface area (Å²) in [5.74, 6) is 0. The lowest BCUT2D eigenvalue weighted by Gasteiger charge is -2.17. The van der Waals surface area contributed by atoms with Crippen LogP contribution >= 0.6 is 38.9 Å². The fraction of sp³-hybridized carbons (Fsp3) is 0.231. The summed E-state index contributed by atoms with van der Waals surface area (Å²) in [6.45, 7) is 0. The maximum Gasteiger partial charge on any atom is 0.416 e. The number of thiophene rings is 1. The van der Waals surface area contributed by atoms with E-state index in [9.17, 15) is 13.2 Å². The third-order valence-corrected chi connectivity index (χ3v) is 4.27. The van der Waals surface area contributed by atoms with E-state index in [0.29, 0.717) is 10.9 Å².